The molecule has 2 fully saturated rings. The summed E-state index contributed by atoms with van der Waals surface area (Å²) in [7, 11) is 1.95. The van der Waals surface area contributed by atoms with Crippen molar-refractivity contribution in [2.24, 2.45) is 7.05 Å². The number of aliphatic hydroxyl groups excluding tert-OH is 1. The minimum Gasteiger partial charge on any atom is -0.388 e. The average Bonchev–Trinajstić information content (AvgIpc) is 3.35. The predicted molar refractivity (Wildman–Crippen MR) is 97.7 cm³/mol. The summed E-state index contributed by atoms with van der Waals surface area (Å²) in [4.78, 5) is 10.9. The summed E-state index contributed by atoms with van der Waals surface area (Å²) in [6, 6.07) is 0. The number of anilines is 1. The Kier molecular flexibility index (Phi) is 5.00. The van der Waals surface area contributed by atoms with E-state index in [0.717, 1.165) is 45.0 Å². The number of likely N-dealkylation sites (tertiary alicyclic amines) is 1. The van der Waals surface area contributed by atoms with E-state index in [2.05, 4.69) is 25.0 Å². The molecule has 1 N–H and O–H groups in total. The summed E-state index contributed by atoms with van der Waals surface area (Å²) < 4.78 is 1.95. The highest BCUT2D eigenvalue weighted by atomic mass is 32.1. The second-order valence-corrected chi connectivity index (χ2v) is 8.16. The molecule has 4 rings (SSSR count). The highest BCUT2D eigenvalue weighted by Gasteiger charge is 2.26. The van der Waals surface area contributed by atoms with Gasteiger partial charge in [-0.25, -0.2) is 4.98 Å². The van der Waals surface area contributed by atoms with Crippen molar-refractivity contribution in [3.63, 3.8) is 0 Å². The molecule has 0 radical (unpaired) electrons. The van der Waals surface area contributed by atoms with Crippen molar-refractivity contribution in [1.29, 1.82) is 0 Å². The van der Waals surface area contributed by atoms with Gasteiger partial charge in [0.05, 0.1) is 0 Å². The van der Waals surface area contributed by atoms with Crippen LogP contribution in [0.1, 0.15) is 48.1 Å². The molecule has 0 saturated carbocycles. The van der Waals surface area contributed by atoms with E-state index in [0.29, 0.717) is 11.7 Å². The molecule has 8 heteroatoms. The second kappa shape index (κ2) is 7.39. The van der Waals surface area contributed by atoms with Crippen LogP contribution in [0.4, 0.5) is 5.13 Å². The van der Waals surface area contributed by atoms with Gasteiger partial charge < -0.3 is 14.6 Å². The highest BCUT2D eigenvalue weighted by molar-refractivity contribution is 7.15. The molecule has 0 bridgehead atoms. The van der Waals surface area contributed by atoms with Gasteiger partial charge >= 0.3 is 0 Å². The van der Waals surface area contributed by atoms with Crippen molar-refractivity contribution in [1.82, 2.24) is 24.6 Å². The molecule has 0 aromatic carbocycles. The van der Waals surface area contributed by atoms with Crippen LogP contribution in [0, 0.1) is 0 Å². The van der Waals surface area contributed by atoms with Crippen LogP contribution >= 0.6 is 11.3 Å². The number of thiazole rings is 1. The van der Waals surface area contributed by atoms with Gasteiger partial charge in [-0.1, -0.05) is 0 Å². The number of aromatic nitrogens is 4. The van der Waals surface area contributed by atoms with Crippen molar-refractivity contribution in [3.8, 4) is 0 Å². The van der Waals surface area contributed by atoms with Crippen LogP contribution in [0.25, 0.3) is 0 Å². The predicted octanol–water partition coefficient (Wildman–Crippen LogP) is 1.74. The molecule has 4 heterocycles. The zero-order chi connectivity index (χ0) is 17.2. The summed E-state index contributed by atoms with van der Waals surface area (Å²) in [5.74, 6) is 2.03. The third-order valence-corrected chi connectivity index (χ3v) is 6.35. The molecule has 25 heavy (non-hydrogen) atoms. The van der Waals surface area contributed by atoms with Gasteiger partial charge in [-0.05, 0) is 32.2 Å². The molecule has 136 valence electrons. The Morgan fingerprint density at radius 3 is 2.80 bits per heavy atom. The van der Waals surface area contributed by atoms with Gasteiger partial charge in [0.1, 0.15) is 12.4 Å². The van der Waals surface area contributed by atoms with Gasteiger partial charge in [-0.2, -0.15) is 0 Å². The van der Waals surface area contributed by atoms with Crippen LogP contribution in [0.3, 0.4) is 0 Å². The summed E-state index contributed by atoms with van der Waals surface area (Å²) in [6.45, 7) is 5.33. The molecule has 2 aliphatic rings. The zero-order valence-corrected chi connectivity index (χ0v) is 15.6. The largest absolute Gasteiger partial charge is 0.388 e. The van der Waals surface area contributed by atoms with Crippen molar-refractivity contribution < 1.29 is 5.11 Å². The fourth-order valence-electron chi connectivity index (χ4n) is 3.92. The maximum absolute atomic E-state index is 9.33. The standard InChI is InChI=1S/C17H26N6OS/c1-21-15(12-24)19-20-16(21)13-5-4-6-22(10-13)11-14-9-18-17(25-14)23-7-2-3-8-23/h9,13,24H,2-8,10-12H2,1H3. The number of hydrogen-bond acceptors (Lipinski definition) is 7. The number of piperidine rings is 1. The van der Waals surface area contributed by atoms with E-state index in [-0.39, 0.29) is 6.61 Å². The normalized spacial score (nSPS) is 22.0. The minimum atomic E-state index is -0.0555. The smallest absolute Gasteiger partial charge is 0.185 e. The van der Waals surface area contributed by atoms with E-state index < -0.39 is 0 Å². The lowest BCUT2D eigenvalue weighted by Crippen LogP contribution is -2.34. The molecule has 0 spiro atoms. The van der Waals surface area contributed by atoms with E-state index in [4.69, 9.17) is 0 Å². The Morgan fingerprint density at radius 1 is 1.20 bits per heavy atom. The van der Waals surface area contributed by atoms with Gasteiger partial charge in [0.2, 0.25) is 0 Å². The third-order valence-electron chi connectivity index (χ3n) is 5.31. The van der Waals surface area contributed by atoms with E-state index >= 15 is 0 Å². The van der Waals surface area contributed by atoms with Crippen LogP contribution in [0.15, 0.2) is 6.20 Å². The summed E-state index contributed by atoms with van der Waals surface area (Å²) >= 11 is 1.84. The summed E-state index contributed by atoms with van der Waals surface area (Å²) in [5.41, 5.74) is 0. The topological polar surface area (TPSA) is 70.3 Å². The Hall–Kier alpha value is -1.51. The molecule has 0 aliphatic carbocycles. The number of hydrogen-bond donors (Lipinski definition) is 1. The zero-order valence-electron chi connectivity index (χ0n) is 14.8. The molecule has 1 unspecified atom stereocenters. The SMILES string of the molecule is Cn1c(CO)nnc1C1CCCN(Cc2cnc(N3CCCC3)s2)C1. The van der Waals surface area contributed by atoms with Crippen LogP contribution in [0.2, 0.25) is 0 Å². The Balaban J connectivity index is 1.40. The quantitative estimate of drug-likeness (QED) is 0.874. The van der Waals surface area contributed by atoms with Crippen LogP contribution in [0.5, 0.6) is 0 Å². The van der Waals surface area contributed by atoms with Crippen LogP contribution in [-0.4, -0.2) is 55.9 Å². The Morgan fingerprint density at radius 2 is 2.04 bits per heavy atom. The first-order valence-corrected chi connectivity index (χ1v) is 9.97. The molecule has 2 aromatic rings. The van der Waals surface area contributed by atoms with Crippen molar-refractivity contribution in [2.45, 2.75) is 44.8 Å². The molecule has 0 amide bonds. The minimum absolute atomic E-state index is 0.0555. The molecule has 2 aromatic heterocycles. The van der Waals surface area contributed by atoms with Crippen molar-refractivity contribution >= 4 is 16.5 Å². The Labute approximate surface area is 152 Å². The first kappa shape index (κ1) is 16.9. The van der Waals surface area contributed by atoms with Crippen LogP contribution < -0.4 is 4.90 Å². The molecule has 2 aliphatic heterocycles. The van der Waals surface area contributed by atoms with E-state index in [1.165, 1.54) is 29.3 Å². The first-order chi connectivity index (χ1) is 12.2. The third kappa shape index (κ3) is 3.56. The molecule has 2 saturated heterocycles. The second-order valence-electron chi connectivity index (χ2n) is 7.07. The van der Waals surface area contributed by atoms with E-state index in [1.54, 1.807) is 0 Å². The monoisotopic (exact) mass is 362 g/mol. The van der Waals surface area contributed by atoms with E-state index in [9.17, 15) is 5.11 Å². The maximum Gasteiger partial charge on any atom is 0.185 e. The number of rotatable bonds is 5. The van der Waals surface area contributed by atoms with Gasteiger partial charge in [0.25, 0.3) is 0 Å². The van der Waals surface area contributed by atoms with Gasteiger partial charge in [-0.15, -0.1) is 21.5 Å². The van der Waals surface area contributed by atoms with Gasteiger partial charge in [0, 0.05) is 50.2 Å². The van der Waals surface area contributed by atoms with Crippen molar-refractivity contribution in [2.75, 3.05) is 31.1 Å². The number of aliphatic hydroxyl groups is 1. The fourth-order valence-corrected chi connectivity index (χ4v) is 4.93. The van der Waals surface area contributed by atoms with Gasteiger partial charge in [0.15, 0.2) is 11.0 Å². The molecule has 1 atom stereocenters. The average molecular weight is 363 g/mol. The Bertz CT molecular complexity index is 708. The summed E-state index contributed by atoms with van der Waals surface area (Å²) in [6.07, 6.45) is 6.93. The summed E-state index contributed by atoms with van der Waals surface area (Å²) in [5, 5.41) is 18.9. The fraction of sp³-hybridized carbons (Fsp3) is 0.706. The van der Waals surface area contributed by atoms with Crippen LogP contribution in [-0.2, 0) is 20.2 Å². The van der Waals surface area contributed by atoms with Gasteiger partial charge in [-0.3, -0.25) is 4.90 Å². The maximum atomic E-state index is 9.33. The lowest BCUT2D eigenvalue weighted by atomic mass is 9.97. The molecule has 7 nitrogen and oxygen atoms in total. The van der Waals surface area contributed by atoms with E-state index in [1.807, 2.05) is 29.1 Å². The molecular formula is C17H26N6OS. The highest BCUT2D eigenvalue weighted by Crippen LogP contribution is 2.30. The number of nitrogens with zero attached hydrogens (tertiary/aromatic N) is 6. The lowest BCUT2D eigenvalue weighted by Gasteiger charge is -2.31. The lowest BCUT2D eigenvalue weighted by molar-refractivity contribution is 0.196. The first-order valence-electron chi connectivity index (χ1n) is 9.15. The van der Waals surface area contributed by atoms with Crippen molar-refractivity contribution in [3.05, 3.63) is 22.7 Å². The molecular weight excluding hydrogens is 336 g/mol.